The van der Waals surface area contributed by atoms with Gasteiger partial charge in [-0.2, -0.15) is 5.10 Å². The zero-order valence-electron chi connectivity index (χ0n) is 18.2. The molecule has 0 N–H and O–H groups in total. The minimum atomic E-state index is -0.148. The average molecular weight is 388 g/mol. The van der Waals surface area contributed by atoms with Crippen LogP contribution in [0, 0.1) is 13.8 Å². The minimum Gasteiger partial charge on any atom is -0.361 e. The Morgan fingerprint density at radius 1 is 1.18 bits per heavy atom. The number of rotatable bonds is 4. The Bertz CT molecular complexity index is 816. The number of nitrogens with zero attached hydrogens (tertiary/aromatic N) is 5. The molecular weight excluding hydrogens is 354 g/mol. The summed E-state index contributed by atoms with van der Waals surface area (Å²) in [6.07, 6.45) is 0. The lowest BCUT2D eigenvalue weighted by molar-refractivity contribution is 0.0620. The van der Waals surface area contributed by atoms with Gasteiger partial charge in [0.25, 0.3) is 5.91 Å². The smallest absolute Gasteiger partial charge is 0.274 e. The third-order valence-corrected chi connectivity index (χ3v) is 5.41. The Morgan fingerprint density at radius 2 is 1.82 bits per heavy atom. The molecule has 1 aliphatic rings. The lowest BCUT2D eigenvalue weighted by Gasteiger charge is -2.34. The van der Waals surface area contributed by atoms with Gasteiger partial charge < -0.3 is 9.42 Å². The van der Waals surface area contributed by atoms with E-state index < -0.39 is 0 Å². The first-order valence-electron chi connectivity index (χ1n) is 10.1. The standard InChI is InChI=1S/C21H33N5O2/c1-14(2)19-12-18(22-26(19)21(5,6)7)20(27)25-10-8-24(9-11-25)13-17-15(3)23-28-16(17)4/h12,14H,8-11,13H2,1-7H3. The summed E-state index contributed by atoms with van der Waals surface area (Å²) in [6.45, 7) is 18.5. The SMILES string of the molecule is Cc1noc(C)c1CN1CCN(C(=O)c2cc(C(C)C)n(C(C)(C)C)n2)CC1. The molecule has 7 heteroatoms. The van der Waals surface area contributed by atoms with Gasteiger partial charge in [0, 0.05) is 44.0 Å². The molecule has 3 heterocycles. The summed E-state index contributed by atoms with van der Waals surface area (Å²) >= 11 is 0. The first-order valence-corrected chi connectivity index (χ1v) is 10.1. The van der Waals surface area contributed by atoms with Gasteiger partial charge in [-0.3, -0.25) is 14.4 Å². The second-order valence-electron chi connectivity index (χ2n) is 9.06. The zero-order chi connectivity index (χ0) is 20.6. The van der Waals surface area contributed by atoms with Crippen molar-refractivity contribution in [1.82, 2.24) is 24.7 Å². The number of piperazine rings is 1. The van der Waals surface area contributed by atoms with Crippen LogP contribution in [0.4, 0.5) is 0 Å². The highest BCUT2D eigenvalue weighted by molar-refractivity contribution is 5.92. The Labute approximate surface area is 167 Å². The van der Waals surface area contributed by atoms with Crippen LogP contribution in [0.25, 0.3) is 0 Å². The molecule has 0 radical (unpaired) electrons. The lowest BCUT2D eigenvalue weighted by atomic mass is 10.1. The van der Waals surface area contributed by atoms with Crippen LogP contribution in [0.5, 0.6) is 0 Å². The van der Waals surface area contributed by atoms with Crippen LogP contribution in [0.15, 0.2) is 10.6 Å². The van der Waals surface area contributed by atoms with Gasteiger partial charge in [-0.05, 0) is 46.6 Å². The number of carbonyl (C=O) groups excluding carboxylic acids is 1. The monoisotopic (exact) mass is 387 g/mol. The van der Waals surface area contributed by atoms with Gasteiger partial charge in [-0.15, -0.1) is 0 Å². The maximum atomic E-state index is 13.1. The molecule has 0 aromatic carbocycles. The van der Waals surface area contributed by atoms with Crippen LogP contribution in [0.3, 0.4) is 0 Å². The maximum Gasteiger partial charge on any atom is 0.274 e. The van der Waals surface area contributed by atoms with Crippen LogP contribution in [0.2, 0.25) is 0 Å². The Kier molecular flexibility index (Phi) is 5.66. The van der Waals surface area contributed by atoms with E-state index in [1.807, 2.05) is 29.5 Å². The number of amides is 1. The van der Waals surface area contributed by atoms with E-state index in [2.05, 4.69) is 49.8 Å². The summed E-state index contributed by atoms with van der Waals surface area (Å²) < 4.78 is 7.26. The van der Waals surface area contributed by atoms with Gasteiger partial charge in [0.15, 0.2) is 5.69 Å². The van der Waals surface area contributed by atoms with Crippen molar-refractivity contribution >= 4 is 5.91 Å². The van der Waals surface area contributed by atoms with E-state index in [4.69, 9.17) is 4.52 Å². The summed E-state index contributed by atoms with van der Waals surface area (Å²) in [5.41, 5.74) is 3.62. The van der Waals surface area contributed by atoms with Crippen molar-refractivity contribution in [2.24, 2.45) is 0 Å². The molecule has 0 unspecified atom stereocenters. The molecular formula is C21H33N5O2. The molecule has 28 heavy (non-hydrogen) atoms. The second kappa shape index (κ2) is 7.70. The molecule has 0 aliphatic carbocycles. The highest BCUT2D eigenvalue weighted by atomic mass is 16.5. The summed E-state index contributed by atoms with van der Waals surface area (Å²) in [7, 11) is 0. The van der Waals surface area contributed by atoms with Gasteiger partial charge in [0.2, 0.25) is 0 Å². The van der Waals surface area contributed by atoms with E-state index in [1.165, 1.54) is 0 Å². The lowest BCUT2D eigenvalue weighted by Crippen LogP contribution is -2.48. The quantitative estimate of drug-likeness (QED) is 0.805. The van der Waals surface area contributed by atoms with Crippen LogP contribution in [0.1, 0.15) is 73.7 Å². The fraction of sp³-hybridized carbons (Fsp3) is 0.667. The zero-order valence-corrected chi connectivity index (χ0v) is 18.2. The van der Waals surface area contributed by atoms with Crippen molar-refractivity contribution in [1.29, 1.82) is 0 Å². The Balaban J connectivity index is 1.67. The number of aryl methyl sites for hydroxylation is 2. The molecule has 1 aliphatic heterocycles. The molecule has 7 nitrogen and oxygen atoms in total. The van der Waals surface area contributed by atoms with Crippen LogP contribution >= 0.6 is 0 Å². The molecule has 2 aromatic rings. The first-order chi connectivity index (χ1) is 13.1. The normalized spacial score (nSPS) is 16.2. The van der Waals surface area contributed by atoms with Crippen molar-refractivity contribution < 1.29 is 9.32 Å². The minimum absolute atomic E-state index is 0.0295. The summed E-state index contributed by atoms with van der Waals surface area (Å²) in [5.74, 6) is 1.23. The number of hydrogen-bond donors (Lipinski definition) is 0. The third-order valence-electron chi connectivity index (χ3n) is 5.41. The molecule has 0 bridgehead atoms. The number of hydrogen-bond acceptors (Lipinski definition) is 5. The van der Waals surface area contributed by atoms with Crippen LogP contribution in [-0.2, 0) is 12.1 Å². The largest absolute Gasteiger partial charge is 0.361 e. The fourth-order valence-corrected chi connectivity index (χ4v) is 3.67. The maximum absolute atomic E-state index is 13.1. The van der Waals surface area contributed by atoms with Gasteiger partial charge in [0.05, 0.1) is 11.2 Å². The molecule has 1 saturated heterocycles. The van der Waals surface area contributed by atoms with E-state index >= 15 is 0 Å². The van der Waals surface area contributed by atoms with Crippen molar-refractivity contribution in [3.8, 4) is 0 Å². The summed E-state index contributed by atoms with van der Waals surface area (Å²) in [4.78, 5) is 17.3. The highest BCUT2D eigenvalue weighted by Gasteiger charge is 2.28. The van der Waals surface area contributed by atoms with E-state index in [0.717, 1.165) is 42.3 Å². The molecule has 1 amide bonds. The number of carbonyl (C=O) groups is 1. The number of aromatic nitrogens is 3. The van der Waals surface area contributed by atoms with E-state index in [0.29, 0.717) is 24.7 Å². The van der Waals surface area contributed by atoms with Gasteiger partial charge >= 0.3 is 0 Å². The Morgan fingerprint density at radius 3 is 2.29 bits per heavy atom. The molecule has 3 rings (SSSR count). The molecule has 2 aromatic heterocycles. The van der Waals surface area contributed by atoms with Gasteiger partial charge in [-0.1, -0.05) is 19.0 Å². The van der Waals surface area contributed by atoms with Gasteiger partial charge in [-0.25, -0.2) is 0 Å². The van der Waals surface area contributed by atoms with Crippen molar-refractivity contribution in [2.45, 2.75) is 66.5 Å². The van der Waals surface area contributed by atoms with Crippen molar-refractivity contribution in [3.63, 3.8) is 0 Å². The van der Waals surface area contributed by atoms with Crippen molar-refractivity contribution in [3.05, 3.63) is 34.5 Å². The average Bonchev–Trinajstić information content (AvgIpc) is 3.21. The van der Waals surface area contributed by atoms with E-state index in [1.54, 1.807) is 0 Å². The molecule has 0 spiro atoms. The molecule has 1 fully saturated rings. The second-order valence-corrected chi connectivity index (χ2v) is 9.06. The predicted molar refractivity (Wildman–Crippen MR) is 108 cm³/mol. The van der Waals surface area contributed by atoms with Crippen LogP contribution in [-0.4, -0.2) is 56.8 Å². The van der Waals surface area contributed by atoms with Crippen LogP contribution < -0.4 is 0 Å². The fourth-order valence-electron chi connectivity index (χ4n) is 3.67. The summed E-state index contributed by atoms with van der Waals surface area (Å²) in [5, 5.41) is 8.70. The topological polar surface area (TPSA) is 67.4 Å². The Hall–Kier alpha value is -2.15. The molecule has 0 saturated carbocycles. The van der Waals surface area contributed by atoms with E-state index in [9.17, 15) is 4.79 Å². The predicted octanol–water partition coefficient (Wildman–Crippen LogP) is 3.32. The molecule has 0 atom stereocenters. The van der Waals surface area contributed by atoms with Gasteiger partial charge in [0.1, 0.15) is 5.76 Å². The first kappa shape index (κ1) is 20.6. The highest BCUT2D eigenvalue weighted by Crippen LogP contribution is 2.24. The summed E-state index contributed by atoms with van der Waals surface area (Å²) in [6, 6.07) is 1.97. The molecule has 154 valence electrons. The third kappa shape index (κ3) is 4.14. The van der Waals surface area contributed by atoms with E-state index in [-0.39, 0.29) is 11.4 Å². The van der Waals surface area contributed by atoms with Crippen molar-refractivity contribution in [2.75, 3.05) is 26.2 Å².